The number of methoxy groups -OCH3 is 2. The number of anilines is 2. The second-order valence-electron chi connectivity index (χ2n) is 6.54. The van der Waals surface area contributed by atoms with Crippen LogP contribution >= 0.6 is 0 Å². The molecule has 0 aliphatic carbocycles. The van der Waals surface area contributed by atoms with Crippen LogP contribution in [0.3, 0.4) is 0 Å². The number of sulfonamides is 2. The van der Waals surface area contributed by atoms with Crippen molar-refractivity contribution in [3.8, 4) is 11.5 Å². The van der Waals surface area contributed by atoms with Crippen LogP contribution in [0.15, 0.2) is 41.3 Å². The molecule has 1 aliphatic heterocycles. The van der Waals surface area contributed by atoms with E-state index in [9.17, 15) is 16.8 Å². The van der Waals surface area contributed by atoms with Gasteiger partial charge in [0.1, 0.15) is 0 Å². The lowest BCUT2D eigenvalue weighted by atomic mass is 10.0. The summed E-state index contributed by atoms with van der Waals surface area (Å²) in [5.74, 6) is 0.749. The Kier molecular flexibility index (Phi) is 5.95. The van der Waals surface area contributed by atoms with E-state index in [2.05, 4.69) is 4.72 Å². The van der Waals surface area contributed by atoms with Crippen molar-refractivity contribution in [2.75, 3.05) is 35.5 Å². The Morgan fingerprint density at radius 1 is 1.00 bits per heavy atom. The highest BCUT2D eigenvalue weighted by molar-refractivity contribution is 7.93. The molecule has 1 N–H and O–H groups in total. The molecule has 158 valence electrons. The van der Waals surface area contributed by atoms with E-state index < -0.39 is 20.0 Å². The highest BCUT2D eigenvalue weighted by Gasteiger charge is 2.26. The quantitative estimate of drug-likeness (QED) is 0.710. The summed E-state index contributed by atoms with van der Waals surface area (Å²) in [6.45, 7) is 2.04. The van der Waals surface area contributed by atoms with Gasteiger partial charge in [0.05, 0.1) is 30.6 Å². The fraction of sp³-hybridized carbons (Fsp3) is 0.368. The fourth-order valence-corrected chi connectivity index (χ4v) is 5.53. The summed E-state index contributed by atoms with van der Waals surface area (Å²) in [6, 6.07) is 9.24. The second-order valence-corrected chi connectivity index (χ2v) is 10.4. The number of nitrogens with zero attached hydrogens (tertiary/aromatic N) is 1. The van der Waals surface area contributed by atoms with E-state index in [1.807, 2.05) is 0 Å². The first kappa shape index (κ1) is 21.3. The van der Waals surface area contributed by atoms with Crippen LogP contribution < -0.4 is 18.5 Å². The molecular weight excluding hydrogens is 416 g/mol. The molecule has 10 heteroatoms. The van der Waals surface area contributed by atoms with Crippen molar-refractivity contribution in [2.45, 2.75) is 24.7 Å². The summed E-state index contributed by atoms with van der Waals surface area (Å²) >= 11 is 0. The van der Waals surface area contributed by atoms with Gasteiger partial charge in [-0.05, 0) is 55.7 Å². The van der Waals surface area contributed by atoms with Gasteiger partial charge in [-0.1, -0.05) is 0 Å². The third-order valence-electron chi connectivity index (χ3n) is 4.77. The van der Waals surface area contributed by atoms with E-state index in [-0.39, 0.29) is 10.6 Å². The van der Waals surface area contributed by atoms with Gasteiger partial charge in [-0.25, -0.2) is 16.8 Å². The predicted molar refractivity (Wildman–Crippen MR) is 112 cm³/mol. The fourth-order valence-electron chi connectivity index (χ4n) is 3.27. The van der Waals surface area contributed by atoms with Gasteiger partial charge in [-0.15, -0.1) is 0 Å². The van der Waals surface area contributed by atoms with Gasteiger partial charge < -0.3 is 9.47 Å². The van der Waals surface area contributed by atoms with E-state index in [0.29, 0.717) is 42.3 Å². The molecule has 0 atom stereocenters. The Morgan fingerprint density at radius 3 is 2.38 bits per heavy atom. The zero-order valence-electron chi connectivity index (χ0n) is 16.5. The van der Waals surface area contributed by atoms with E-state index in [1.54, 1.807) is 25.1 Å². The number of fused-ring (bicyclic) bond motifs is 1. The van der Waals surface area contributed by atoms with Gasteiger partial charge in [0.2, 0.25) is 10.0 Å². The van der Waals surface area contributed by atoms with Gasteiger partial charge in [0, 0.05) is 18.3 Å². The van der Waals surface area contributed by atoms with E-state index >= 15 is 0 Å². The molecule has 2 aromatic carbocycles. The summed E-state index contributed by atoms with van der Waals surface area (Å²) in [5.41, 5.74) is 1.77. The standard InChI is InChI=1S/C19H24N2O6S2/c1-4-28(22,23)21-11-5-6-14-12-15(7-9-17(14)21)20-29(24,25)16-8-10-18(26-2)19(13-16)27-3/h7-10,12-13,20H,4-6,11H2,1-3H3. The molecular formula is C19H24N2O6S2. The zero-order chi connectivity index (χ0) is 21.2. The minimum atomic E-state index is -3.86. The topological polar surface area (TPSA) is 102 Å². The minimum absolute atomic E-state index is 0.0140. The smallest absolute Gasteiger partial charge is 0.262 e. The highest BCUT2D eigenvalue weighted by Crippen LogP contribution is 2.33. The van der Waals surface area contributed by atoms with Crippen molar-refractivity contribution in [1.82, 2.24) is 0 Å². The largest absolute Gasteiger partial charge is 0.493 e. The number of ether oxygens (including phenoxy) is 2. The first-order valence-electron chi connectivity index (χ1n) is 9.10. The van der Waals surface area contributed by atoms with Gasteiger partial charge in [-0.2, -0.15) is 0 Å². The zero-order valence-corrected chi connectivity index (χ0v) is 18.1. The third kappa shape index (κ3) is 4.27. The van der Waals surface area contributed by atoms with Crippen molar-refractivity contribution in [3.63, 3.8) is 0 Å². The molecule has 8 nitrogen and oxygen atoms in total. The van der Waals surface area contributed by atoms with E-state index in [4.69, 9.17) is 9.47 Å². The van der Waals surface area contributed by atoms with Crippen molar-refractivity contribution < 1.29 is 26.3 Å². The molecule has 0 amide bonds. The maximum Gasteiger partial charge on any atom is 0.262 e. The Morgan fingerprint density at radius 2 is 1.72 bits per heavy atom. The maximum absolute atomic E-state index is 12.8. The summed E-state index contributed by atoms with van der Waals surface area (Å²) < 4.78 is 64.5. The molecule has 0 unspecified atom stereocenters. The molecule has 0 aromatic heterocycles. The van der Waals surface area contributed by atoms with Crippen LogP contribution in [0, 0.1) is 0 Å². The van der Waals surface area contributed by atoms with Crippen molar-refractivity contribution >= 4 is 31.4 Å². The summed E-state index contributed by atoms with van der Waals surface area (Å²) in [5, 5.41) is 0. The lowest BCUT2D eigenvalue weighted by Crippen LogP contribution is -2.36. The molecule has 29 heavy (non-hydrogen) atoms. The number of aryl methyl sites for hydroxylation is 1. The average molecular weight is 441 g/mol. The monoisotopic (exact) mass is 440 g/mol. The second kappa shape index (κ2) is 8.11. The molecule has 0 saturated carbocycles. The first-order valence-corrected chi connectivity index (χ1v) is 12.2. The van der Waals surface area contributed by atoms with Crippen LogP contribution in [0.1, 0.15) is 18.9 Å². The Bertz CT molecular complexity index is 1110. The summed E-state index contributed by atoms with van der Waals surface area (Å²) in [4.78, 5) is 0.0306. The molecule has 0 radical (unpaired) electrons. The van der Waals surface area contributed by atoms with Crippen molar-refractivity contribution in [1.29, 1.82) is 0 Å². The SMILES string of the molecule is CCS(=O)(=O)N1CCCc2cc(NS(=O)(=O)c3ccc(OC)c(OC)c3)ccc21. The van der Waals surface area contributed by atoms with Crippen molar-refractivity contribution in [3.05, 3.63) is 42.0 Å². The molecule has 0 spiro atoms. The molecule has 3 rings (SSSR count). The molecule has 1 aliphatic rings. The van der Waals surface area contributed by atoms with Crippen molar-refractivity contribution in [2.24, 2.45) is 0 Å². The lowest BCUT2D eigenvalue weighted by molar-refractivity contribution is 0.354. The lowest BCUT2D eigenvalue weighted by Gasteiger charge is -2.30. The number of hydrogen-bond donors (Lipinski definition) is 1. The predicted octanol–water partition coefficient (Wildman–Crippen LogP) is 2.61. The highest BCUT2D eigenvalue weighted by atomic mass is 32.2. The van der Waals surface area contributed by atoms with Gasteiger partial charge in [-0.3, -0.25) is 9.03 Å². The van der Waals surface area contributed by atoms with Crippen LogP contribution in [0.25, 0.3) is 0 Å². The van der Waals surface area contributed by atoms with Crippen LogP contribution in [0.5, 0.6) is 11.5 Å². The van der Waals surface area contributed by atoms with Crippen LogP contribution in [0.2, 0.25) is 0 Å². The van der Waals surface area contributed by atoms with E-state index in [0.717, 1.165) is 5.56 Å². The van der Waals surface area contributed by atoms with Gasteiger partial charge >= 0.3 is 0 Å². The third-order valence-corrected chi connectivity index (χ3v) is 7.93. The van der Waals surface area contributed by atoms with Gasteiger partial charge in [0.25, 0.3) is 10.0 Å². The normalized spacial score (nSPS) is 14.2. The Labute approximate surface area is 171 Å². The Balaban J connectivity index is 1.91. The number of nitrogens with one attached hydrogen (secondary N) is 1. The molecule has 0 fully saturated rings. The molecule has 1 heterocycles. The maximum atomic E-state index is 12.8. The minimum Gasteiger partial charge on any atom is -0.493 e. The molecule has 2 aromatic rings. The van der Waals surface area contributed by atoms with Gasteiger partial charge in [0.15, 0.2) is 11.5 Å². The van der Waals surface area contributed by atoms with Crippen LogP contribution in [-0.4, -0.2) is 43.4 Å². The number of rotatable bonds is 7. The van der Waals surface area contributed by atoms with Crippen LogP contribution in [-0.2, 0) is 26.5 Å². The van der Waals surface area contributed by atoms with E-state index in [1.165, 1.54) is 36.7 Å². The first-order chi connectivity index (χ1) is 13.7. The summed E-state index contributed by atoms with van der Waals surface area (Å²) in [6.07, 6.45) is 1.36. The summed E-state index contributed by atoms with van der Waals surface area (Å²) in [7, 11) is -4.33. The number of hydrogen-bond acceptors (Lipinski definition) is 6. The average Bonchev–Trinajstić information content (AvgIpc) is 2.72. The Hall–Kier alpha value is -2.46. The number of benzene rings is 2. The van der Waals surface area contributed by atoms with Crippen LogP contribution in [0.4, 0.5) is 11.4 Å². The molecule has 0 bridgehead atoms. The molecule has 0 saturated heterocycles.